The first-order chi connectivity index (χ1) is 7.41. The number of carbonyl (C=O) groups is 1. The number of benzene rings is 1. The third-order valence-electron chi connectivity index (χ3n) is 2.60. The lowest BCUT2D eigenvalue weighted by molar-refractivity contribution is -0.120. The maximum Gasteiger partial charge on any atom is 0.227 e. The number of rotatable bonds is 3. The van der Waals surface area contributed by atoms with Gasteiger partial charge < -0.3 is 5.32 Å². The van der Waals surface area contributed by atoms with E-state index in [0.29, 0.717) is 10.2 Å². The molecule has 1 rings (SSSR count). The molecule has 0 heterocycles. The fourth-order valence-corrected chi connectivity index (χ4v) is 1.49. The number of anilines is 1. The van der Waals surface area contributed by atoms with Gasteiger partial charge in [0.1, 0.15) is 5.82 Å². The molecule has 0 radical (unpaired) electrons. The van der Waals surface area contributed by atoms with Gasteiger partial charge in [0, 0.05) is 10.4 Å². The number of hydrogen-bond donors (Lipinski definition) is 1. The minimum Gasteiger partial charge on any atom is -0.325 e. The highest BCUT2D eigenvalue weighted by Crippen LogP contribution is 2.24. The van der Waals surface area contributed by atoms with E-state index in [1.165, 1.54) is 12.1 Å². The number of hydrogen-bond acceptors (Lipinski definition) is 1. The van der Waals surface area contributed by atoms with Gasteiger partial charge in [0.15, 0.2) is 0 Å². The average molecular weight is 288 g/mol. The van der Waals surface area contributed by atoms with Crippen LogP contribution in [0.15, 0.2) is 22.7 Å². The summed E-state index contributed by atoms with van der Waals surface area (Å²) < 4.78 is 13.7. The van der Waals surface area contributed by atoms with Crippen LogP contribution in [-0.2, 0) is 4.79 Å². The van der Waals surface area contributed by atoms with E-state index in [1.807, 2.05) is 20.8 Å². The second-order valence-electron chi connectivity index (χ2n) is 4.15. The van der Waals surface area contributed by atoms with Gasteiger partial charge in [-0.2, -0.15) is 0 Å². The molecule has 0 aliphatic carbocycles. The van der Waals surface area contributed by atoms with Crippen LogP contribution in [0.3, 0.4) is 0 Å². The standard InChI is InChI=1S/C12H15BrFNO/c1-7(2)8(3)12(16)15-11-6-9(14)4-5-10(11)13/h4-8H,1-3H3,(H,15,16). The summed E-state index contributed by atoms with van der Waals surface area (Å²) in [5.74, 6) is -0.306. The van der Waals surface area contributed by atoms with E-state index in [2.05, 4.69) is 21.2 Å². The molecule has 0 aliphatic rings. The van der Waals surface area contributed by atoms with Crippen molar-refractivity contribution in [3.05, 3.63) is 28.5 Å². The predicted octanol–water partition coefficient (Wildman–Crippen LogP) is 3.82. The first-order valence-electron chi connectivity index (χ1n) is 5.17. The van der Waals surface area contributed by atoms with Crippen molar-refractivity contribution in [2.75, 3.05) is 5.32 Å². The third-order valence-corrected chi connectivity index (χ3v) is 3.29. The molecule has 0 saturated heterocycles. The lowest BCUT2D eigenvalue weighted by Gasteiger charge is -2.16. The van der Waals surface area contributed by atoms with Crippen LogP contribution in [0.5, 0.6) is 0 Å². The summed E-state index contributed by atoms with van der Waals surface area (Å²) in [4.78, 5) is 11.8. The number of nitrogens with one attached hydrogen (secondary N) is 1. The second kappa shape index (κ2) is 5.43. The Bertz CT molecular complexity index is 393. The van der Waals surface area contributed by atoms with E-state index in [-0.39, 0.29) is 23.6 Å². The van der Waals surface area contributed by atoms with Crippen molar-refractivity contribution in [2.45, 2.75) is 20.8 Å². The van der Waals surface area contributed by atoms with Crippen LogP contribution in [-0.4, -0.2) is 5.91 Å². The molecule has 1 N–H and O–H groups in total. The normalized spacial score (nSPS) is 12.6. The van der Waals surface area contributed by atoms with Gasteiger partial charge in [0.2, 0.25) is 5.91 Å². The maximum atomic E-state index is 13.0. The van der Waals surface area contributed by atoms with Crippen molar-refractivity contribution >= 4 is 27.5 Å². The molecule has 0 bridgehead atoms. The predicted molar refractivity (Wildman–Crippen MR) is 66.7 cm³/mol. The zero-order chi connectivity index (χ0) is 12.3. The van der Waals surface area contributed by atoms with E-state index in [4.69, 9.17) is 0 Å². The minimum absolute atomic E-state index is 0.0960. The first-order valence-corrected chi connectivity index (χ1v) is 5.97. The van der Waals surface area contributed by atoms with Crippen LogP contribution in [0.4, 0.5) is 10.1 Å². The van der Waals surface area contributed by atoms with Gasteiger partial charge in [-0.25, -0.2) is 4.39 Å². The van der Waals surface area contributed by atoms with Gasteiger partial charge in [0.05, 0.1) is 5.69 Å². The maximum absolute atomic E-state index is 13.0. The summed E-state index contributed by atoms with van der Waals surface area (Å²) in [5, 5.41) is 2.71. The van der Waals surface area contributed by atoms with Gasteiger partial charge in [-0.05, 0) is 40.0 Å². The fraction of sp³-hybridized carbons (Fsp3) is 0.417. The third kappa shape index (κ3) is 3.30. The summed E-state index contributed by atoms with van der Waals surface area (Å²) in [5.41, 5.74) is 0.470. The van der Waals surface area contributed by atoms with Crippen LogP contribution in [0, 0.1) is 17.7 Å². The average Bonchev–Trinajstić information content (AvgIpc) is 2.22. The van der Waals surface area contributed by atoms with E-state index >= 15 is 0 Å². The summed E-state index contributed by atoms with van der Waals surface area (Å²) in [6.07, 6.45) is 0. The Labute approximate surface area is 103 Å². The summed E-state index contributed by atoms with van der Waals surface area (Å²) in [7, 11) is 0. The molecular weight excluding hydrogens is 273 g/mol. The second-order valence-corrected chi connectivity index (χ2v) is 5.00. The largest absolute Gasteiger partial charge is 0.325 e. The molecule has 1 aromatic carbocycles. The van der Waals surface area contributed by atoms with Crippen molar-refractivity contribution in [1.82, 2.24) is 0 Å². The Hall–Kier alpha value is -0.900. The van der Waals surface area contributed by atoms with Crippen LogP contribution < -0.4 is 5.32 Å². The molecule has 0 aromatic heterocycles. The quantitative estimate of drug-likeness (QED) is 0.900. The number of halogens is 2. The van der Waals surface area contributed by atoms with Crippen LogP contribution in [0.1, 0.15) is 20.8 Å². The summed E-state index contributed by atoms with van der Waals surface area (Å²) >= 11 is 3.26. The van der Waals surface area contributed by atoms with E-state index in [9.17, 15) is 9.18 Å². The Morgan fingerprint density at radius 1 is 1.38 bits per heavy atom. The van der Waals surface area contributed by atoms with Crippen LogP contribution in [0.25, 0.3) is 0 Å². The van der Waals surface area contributed by atoms with Gasteiger partial charge in [-0.3, -0.25) is 4.79 Å². The highest BCUT2D eigenvalue weighted by Gasteiger charge is 2.17. The highest BCUT2D eigenvalue weighted by molar-refractivity contribution is 9.10. The molecule has 1 unspecified atom stereocenters. The topological polar surface area (TPSA) is 29.1 Å². The van der Waals surface area contributed by atoms with Gasteiger partial charge >= 0.3 is 0 Å². The summed E-state index contributed by atoms with van der Waals surface area (Å²) in [6, 6.07) is 4.21. The zero-order valence-electron chi connectivity index (χ0n) is 9.55. The molecule has 0 aliphatic heterocycles. The lowest BCUT2D eigenvalue weighted by atomic mass is 9.97. The monoisotopic (exact) mass is 287 g/mol. The molecule has 1 amide bonds. The molecule has 0 fully saturated rings. The molecular formula is C12H15BrFNO. The zero-order valence-corrected chi connectivity index (χ0v) is 11.1. The van der Waals surface area contributed by atoms with Crippen LogP contribution in [0.2, 0.25) is 0 Å². The van der Waals surface area contributed by atoms with Crippen molar-refractivity contribution in [1.29, 1.82) is 0 Å². The smallest absolute Gasteiger partial charge is 0.227 e. The molecule has 1 atom stereocenters. The Morgan fingerprint density at radius 2 is 2.00 bits per heavy atom. The fourth-order valence-electron chi connectivity index (χ4n) is 1.14. The van der Waals surface area contributed by atoms with Crippen molar-refractivity contribution in [3.8, 4) is 0 Å². The minimum atomic E-state index is -0.365. The van der Waals surface area contributed by atoms with Crippen molar-refractivity contribution in [2.24, 2.45) is 11.8 Å². The molecule has 88 valence electrons. The molecule has 1 aromatic rings. The summed E-state index contributed by atoms with van der Waals surface area (Å²) in [6.45, 7) is 5.81. The van der Waals surface area contributed by atoms with E-state index < -0.39 is 0 Å². The van der Waals surface area contributed by atoms with E-state index in [1.54, 1.807) is 6.07 Å². The lowest BCUT2D eigenvalue weighted by Crippen LogP contribution is -2.24. The van der Waals surface area contributed by atoms with Gasteiger partial charge in [0.25, 0.3) is 0 Å². The molecule has 16 heavy (non-hydrogen) atoms. The number of amides is 1. The molecule has 0 spiro atoms. The van der Waals surface area contributed by atoms with Gasteiger partial charge in [-0.1, -0.05) is 20.8 Å². The molecule has 2 nitrogen and oxygen atoms in total. The first kappa shape index (κ1) is 13.2. The Balaban J connectivity index is 2.80. The van der Waals surface area contributed by atoms with Crippen molar-refractivity contribution in [3.63, 3.8) is 0 Å². The van der Waals surface area contributed by atoms with Crippen LogP contribution >= 0.6 is 15.9 Å². The Morgan fingerprint density at radius 3 is 2.56 bits per heavy atom. The molecule has 4 heteroatoms. The SMILES string of the molecule is CC(C)C(C)C(=O)Nc1cc(F)ccc1Br. The number of carbonyl (C=O) groups excluding carboxylic acids is 1. The van der Waals surface area contributed by atoms with E-state index in [0.717, 1.165) is 0 Å². The van der Waals surface area contributed by atoms with Gasteiger partial charge in [-0.15, -0.1) is 0 Å². The highest BCUT2D eigenvalue weighted by atomic mass is 79.9. The Kier molecular flexibility index (Phi) is 4.47. The molecule has 0 saturated carbocycles. The van der Waals surface area contributed by atoms with Crippen molar-refractivity contribution < 1.29 is 9.18 Å².